The van der Waals surface area contributed by atoms with Crippen LogP contribution < -0.4 is 65.3 Å². The van der Waals surface area contributed by atoms with Crippen LogP contribution in [0.1, 0.15) is 135 Å². The summed E-state index contributed by atoms with van der Waals surface area (Å²) < 4.78 is 6.21. The number of amides is 6. The number of hydrogen-bond acceptors (Lipinski definition) is 27. The molecule has 10 heterocycles. The smallest absolute Gasteiger partial charge is 0.405 e. The molecule has 0 fully saturated rings. The predicted octanol–water partition coefficient (Wildman–Crippen LogP) is 17.5. The summed E-state index contributed by atoms with van der Waals surface area (Å²) in [5, 5.41) is 26.5. The molecule has 124 heavy (non-hydrogen) atoms. The number of aromatic nitrogens is 10. The minimum Gasteiger partial charge on any atom is -0.497 e. The van der Waals surface area contributed by atoms with Crippen molar-refractivity contribution in [3.63, 3.8) is 0 Å². The van der Waals surface area contributed by atoms with E-state index in [9.17, 15) is 28.8 Å². The summed E-state index contributed by atoms with van der Waals surface area (Å²) in [5.74, 6) is 1.19. The molecule has 0 aliphatic rings. The van der Waals surface area contributed by atoms with E-state index in [4.69, 9.17) is 38.5 Å². The molecule has 15 aromatic rings. The standard InChI is InChI=1S/C22H25N5O3S.C18H18N4O2S.C18H18N4OS.C16H13BrN4OS.C15H12N4OS/c1-22(2,3)18(27-21(29)30)14-6-4-13(5-7-14)12-25-19(28)17-9-8-16(31-17)15-10-11-24-20(23)26-15;1-11(12-4-3-5-13(10-12)24-2)21-17(23)16-7-6-15(25-16)14-8-9-20-18(19)22-14;1-2-13(12-6-4-3-5-7-12)21-17(23)16-9-8-15(24-16)14-10-11-20-18(19)22-14;17-11-3-1-2-10(8-11)9-20-15(22)14-5-4-13(23-14)12-6-7-19-16(18)21-12;16-15-17-9-8-11(19-15)12-6-7-13(21-12)14(20)18-10-4-2-1-3-5-10/h4-11,18,27H,12H2,1-3H3,(H,25,28)(H,29,30)(H2,23,24,26);3-11H,1-2H3,(H,21,23)(H2,19,20,22);3-11,13H,2H2,1H3,(H,21,23)(H2,19,20,22);1-8H,9H2,(H,20,22)(H2,18,19,21);1-9H,(H,18,20)(H2,16,17,19). The first-order valence-corrected chi connectivity index (χ1v) is 43.1. The van der Waals surface area contributed by atoms with Gasteiger partial charge >= 0.3 is 6.09 Å². The number of methoxy groups -OCH3 is 1. The van der Waals surface area contributed by atoms with Crippen LogP contribution in [0.15, 0.2) is 260 Å². The van der Waals surface area contributed by atoms with Gasteiger partial charge in [0.1, 0.15) is 5.75 Å². The van der Waals surface area contributed by atoms with Crippen molar-refractivity contribution < 1.29 is 38.6 Å². The summed E-state index contributed by atoms with van der Waals surface area (Å²) in [7, 11) is 1.62. The molecule has 6 amide bonds. The summed E-state index contributed by atoms with van der Waals surface area (Å²) in [5.41, 5.74) is 36.9. The van der Waals surface area contributed by atoms with Crippen molar-refractivity contribution in [1.82, 2.24) is 76.4 Å². The lowest BCUT2D eigenvalue weighted by molar-refractivity contribution is 0.0933. The molecule has 3 atom stereocenters. The molecule has 0 aliphatic heterocycles. The molecule has 17 N–H and O–H groups in total. The number of para-hydroxylation sites is 1. The highest BCUT2D eigenvalue weighted by Gasteiger charge is 2.28. The molecular formula is C89H86BrN21O8S5. The third-order valence-corrected chi connectivity index (χ3v) is 23.9. The second-order valence-corrected chi connectivity index (χ2v) is 34.3. The summed E-state index contributed by atoms with van der Waals surface area (Å²) in [6.45, 7) is 10.8. The molecule has 632 valence electrons. The average molecular weight is 1820 g/mol. The van der Waals surface area contributed by atoms with E-state index < -0.39 is 6.09 Å². The lowest BCUT2D eigenvalue weighted by Crippen LogP contribution is -2.35. The van der Waals surface area contributed by atoms with Crippen LogP contribution in [-0.4, -0.2) is 97.7 Å². The number of carbonyl (C=O) groups excluding carboxylic acids is 5. The number of nitrogen functional groups attached to an aromatic ring is 5. The zero-order valence-corrected chi connectivity index (χ0v) is 73.4. The van der Waals surface area contributed by atoms with Crippen molar-refractivity contribution in [3.05, 3.63) is 312 Å². The molecule has 10 aromatic heterocycles. The number of hydrogen-bond donors (Lipinski definition) is 12. The lowest BCUT2D eigenvalue weighted by atomic mass is 9.82. The first kappa shape index (κ1) is 90.7. The van der Waals surface area contributed by atoms with Crippen LogP contribution in [0.25, 0.3) is 52.9 Å². The minimum atomic E-state index is -1.06. The van der Waals surface area contributed by atoms with Gasteiger partial charge in [-0.25, -0.2) is 54.6 Å². The molecule has 0 saturated heterocycles. The molecule has 0 bridgehead atoms. The van der Waals surface area contributed by atoms with Gasteiger partial charge in [0.05, 0.1) is 102 Å². The number of nitrogens with two attached hydrogens (primary N) is 5. The van der Waals surface area contributed by atoms with E-state index in [1.807, 2.05) is 198 Å². The zero-order chi connectivity index (χ0) is 88.2. The van der Waals surface area contributed by atoms with E-state index in [2.05, 4.69) is 105 Å². The largest absolute Gasteiger partial charge is 0.497 e. The Morgan fingerprint density at radius 2 is 0.790 bits per heavy atom. The van der Waals surface area contributed by atoms with Gasteiger partial charge in [0.25, 0.3) is 29.5 Å². The van der Waals surface area contributed by atoms with E-state index in [-0.39, 0.29) is 82.8 Å². The van der Waals surface area contributed by atoms with Gasteiger partial charge in [-0.2, -0.15) is 0 Å². The number of rotatable bonds is 23. The van der Waals surface area contributed by atoms with Gasteiger partial charge in [-0.3, -0.25) is 24.0 Å². The molecular weight excluding hydrogens is 1730 g/mol. The fourth-order valence-electron chi connectivity index (χ4n) is 11.8. The van der Waals surface area contributed by atoms with Gasteiger partial charge in [0, 0.05) is 54.2 Å². The number of halogens is 1. The Morgan fingerprint density at radius 1 is 0.411 bits per heavy atom. The summed E-state index contributed by atoms with van der Waals surface area (Å²) in [4.78, 5) is 121. The Bertz CT molecular complexity index is 6130. The van der Waals surface area contributed by atoms with E-state index >= 15 is 0 Å². The third kappa shape index (κ3) is 26.7. The Morgan fingerprint density at radius 3 is 1.18 bits per heavy atom. The Kier molecular flexibility index (Phi) is 32.1. The summed E-state index contributed by atoms with van der Waals surface area (Å²) >= 11 is 10.2. The van der Waals surface area contributed by atoms with Gasteiger partial charge in [-0.05, 0) is 174 Å². The van der Waals surface area contributed by atoms with Crippen molar-refractivity contribution in [2.75, 3.05) is 41.1 Å². The monoisotopic (exact) mass is 1820 g/mol. The molecule has 0 aliphatic carbocycles. The number of anilines is 6. The van der Waals surface area contributed by atoms with Crippen LogP contribution in [0.4, 0.5) is 40.2 Å². The van der Waals surface area contributed by atoms with Crippen LogP contribution >= 0.6 is 72.6 Å². The highest BCUT2D eigenvalue weighted by atomic mass is 79.9. The Balaban J connectivity index is 0.000000152. The molecule has 0 saturated carbocycles. The molecule has 5 aromatic carbocycles. The van der Waals surface area contributed by atoms with Gasteiger partial charge in [0.2, 0.25) is 29.7 Å². The maximum Gasteiger partial charge on any atom is 0.405 e. The number of carboxylic acid groups (broad SMARTS) is 1. The molecule has 15 rings (SSSR count). The van der Waals surface area contributed by atoms with Crippen LogP contribution in [0, 0.1) is 5.41 Å². The van der Waals surface area contributed by atoms with Crippen LogP contribution in [0.5, 0.6) is 5.75 Å². The molecule has 29 nitrogen and oxygen atoms in total. The molecule has 0 spiro atoms. The van der Waals surface area contributed by atoms with Crippen molar-refractivity contribution in [2.45, 2.75) is 72.3 Å². The fourth-order valence-corrected chi connectivity index (χ4v) is 16.7. The van der Waals surface area contributed by atoms with Gasteiger partial charge in [0.15, 0.2) is 0 Å². The minimum absolute atomic E-state index is 0.000977. The molecule has 3 unspecified atom stereocenters. The maximum absolute atomic E-state index is 12.5. The quantitative estimate of drug-likeness (QED) is 0.0283. The summed E-state index contributed by atoms with van der Waals surface area (Å²) in [6.07, 6.45) is 7.76. The van der Waals surface area contributed by atoms with Crippen LogP contribution in [-0.2, 0) is 13.1 Å². The average Bonchev–Trinajstić information content (AvgIpc) is 1.34. The number of nitrogens with zero attached hydrogens (tertiary/aromatic N) is 10. The first-order valence-electron chi connectivity index (χ1n) is 38.2. The van der Waals surface area contributed by atoms with Crippen molar-refractivity contribution in [3.8, 4) is 58.6 Å². The third-order valence-electron chi connectivity index (χ3n) is 17.9. The Hall–Kier alpha value is -14.1. The number of nitrogens with one attached hydrogen (secondary N) is 6. The molecule has 35 heteroatoms. The number of benzene rings is 5. The van der Waals surface area contributed by atoms with Gasteiger partial charge in [-0.15, -0.1) is 56.7 Å². The predicted molar refractivity (Wildman–Crippen MR) is 495 cm³/mol. The highest BCUT2D eigenvalue weighted by Crippen LogP contribution is 2.36. The maximum atomic E-state index is 12.5. The zero-order valence-electron chi connectivity index (χ0n) is 67.7. The Labute approximate surface area is 742 Å². The van der Waals surface area contributed by atoms with Crippen LogP contribution in [0.2, 0.25) is 0 Å². The second kappa shape index (κ2) is 43.9. The van der Waals surface area contributed by atoms with E-state index in [1.165, 1.54) is 56.7 Å². The number of thiophene rings is 5. The van der Waals surface area contributed by atoms with Crippen LogP contribution in [0.3, 0.4) is 0 Å². The second-order valence-electron chi connectivity index (χ2n) is 27.9. The van der Waals surface area contributed by atoms with Crippen molar-refractivity contribution in [1.29, 1.82) is 0 Å². The van der Waals surface area contributed by atoms with E-state index in [0.717, 1.165) is 80.2 Å². The molecule has 0 radical (unpaired) electrons. The number of carbonyl (C=O) groups is 6. The van der Waals surface area contributed by atoms with E-state index in [1.54, 1.807) is 92.7 Å². The van der Waals surface area contributed by atoms with Crippen molar-refractivity contribution in [2.24, 2.45) is 5.41 Å². The lowest BCUT2D eigenvalue weighted by Gasteiger charge is -2.31. The summed E-state index contributed by atoms with van der Waals surface area (Å²) in [6, 6.07) is 68.9. The number of ether oxygens (including phenoxy) is 1. The van der Waals surface area contributed by atoms with Gasteiger partial charge in [-0.1, -0.05) is 141 Å². The van der Waals surface area contributed by atoms with Gasteiger partial charge < -0.3 is 70.4 Å². The van der Waals surface area contributed by atoms with E-state index in [0.29, 0.717) is 60.3 Å². The van der Waals surface area contributed by atoms with Crippen molar-refractivity contribution >= 4 is 144 Å². The first-order chi connectivity index (χ1) is 59.7. The normalized spacial score (nSPS) is 11.4. The topological polar surface area (TPSA) is 463 Å². The highest BCUT2D eigenvalue weighted by molar-refractivity contribution is 9.10. The SMILES string of the molecule is CC(C)(C)C(NC(=O)O)c1ccc(CNC(=O)c2ccc(-c3ccnc(N)n3)s2)cc1.CCC(NC(=O)c1ccc(-c2ccnc(N)n2)s1)c1ccccc1.COc1cccc(C(C)NC(=O)c2ccc(-c3ccnc(N)n3)s2)c1.Nc1nccc(-c2ccc(C(=O)NCc3cccc(Br)c3)s2)n1.Nc1nccc(-c2ccc(C(=O)Nc3ccccc3)s2)n1. The fraction of sp³-hybridized carbons (Fsp3) is 0.146.